The van der Waals surface area contributed by atoms with Crippen LogP contribution in [0, 0.1) is 23.6 Å². The molecule has 0 spiro atoms. The molecule has 1 heterocycles. The molecule has 3 N–H and O–H groups in total. The Labute approximate surface area is 119 Å². The Morgan fingerprint density at radius 2 is 2.30 bits per heavy atom. The molecule has 3 nitrogen and oxygen atoms in total. The minimum Gasteiger partial charge on any atom is -0.396 e. The van der Waals surface area contributed by atoms with Crippen LogP contribution >= 0.6 is 0 Å². The van der Waals surface area contributed by atoms with E-state index in [1.165, 1.54) is 12.1 Å². The van der Waals surface area contributed by atoms with Gasteiger partial charge in [-0.2, -0.15) is 0 Å². The molecule has 1 fully saturated rings. The van der Waals surface area contributed by atoms with Crippen LogP contribution in [-0.2, 0) is 6.54 Å². The van der Waals surface area contributed by atoms with E-state index in [4.69, 9.17) is 5.73 Å². The highest BCUT2D eigenvalue weighted by Crippen LogP contribution is 2.20. The van der Waals surface area contributed by atoms with E-state index in [-0.39, 0.29) is 19.0 Å². The van der Waals surface area contributed by atoms with Crippen molar-refractivity contribution in [2.75, 3.05) is 26.2 Å². The Kier molecular flexibility index (Phi) is 5.54. The fourth-order valence-corrected chi connectivity index (χ4v) is 2.63. The van der Waals surface area contributed by atoms with Crippen molar-refractivity contribution in [1.82, 2.24) is 4.90 Å². The largest absolute Gasteiger partial charge is 0.396 e. The van der Waals surface area contributed by atoms with Crippen LogP contribution in [0.25, 0.3) is 0 Å². The molecule has 1 saturated heterocycles. The minimum atomic E-state index is -0.276. The van der Waals surface area contributed by atoms with Crippen LogP contribution in [0.1, 0.15) is 24.0 Å². The van der Waals surface area contributed by atoms with E-state index in [2.05, 4.69) is 16.7 Å². The quantitative estimate of drug-likeness (QED) is 0.819. The van der Waals surface area contributed by atoms with Crippen molar-refractivity contribution in [1.29, 1.82) is 0 Å². The SMILES string of the molecule is NCC#Cc1cc(F)ccc1CN1CCCC(CO)C1. The number of hydrogen-bond donors (Lipinski definition) is 2. The number of benzene rings is 1. The van der Waals surface area contributed by atoms with Gasteiger partial charge in [0.15, 0.2) is 0 Å². The summed E-state index contributed by atoms with van der Waals surface area (Å²) in [5.41, 5.74) is 7.11. The third-order valence-electron chi connectivity index (χ3n) is 3.65. The molecular formula is C16H21FN2O. The van der Waals surface area contributed by atoms with Gasteiger partial charge in [-0.05, 0) is 43.0 Å². The maximum atomic E-state index is 13.3. The summed E-state index contributed by atoms with van der Waals surface area (Å²) in [4.78, 5) is 2.30. The molecule has 0 saturated carbocycles. The lowest BCUT2D eigenvalue weighted by molar-refractivity contribution is 0.116. The van der Waals surface area contributed by atoms with E-state index >= 15 is 0 Å². The predicted molar refractivity (Wildman–Crippen MR) is 77.4 cm³/mol. The highest BCUT2D eigenvalue weighted by Gasteiger charge is 2.19. The van der Waals surface area contributed by atoms with Gasteiger partial charge in [-0.3, -0.25) is 4.90 Å². The molecule has 1 unspecified atom stereocenters. The van der Waals surface area contributed by atoms with Crippen LogP contribution in [0.2, 0.25) is 0 Å². The van der Waals surface area contributed by atoms with Crippen molar-refractivity contribution in [3.05, 3.63) is 35.1 Å². The number of aliphatic hydroxyl groups is 1. The van der Waals surface area contributed by atoms with E-state index in [0.29, 0.717) is 11.5 Å². The first-order chi connectivity index (χ1) is 9.72. The summed E-state index contributed by atoms with van der Waals surface area (Å²) in [7, 11) is 0. The highest BCUT2D eigenvalue weighted by atomic mass is 19.1. The molecule has 0 bridgehead atoms. The van der Waals surface area contributed by atoms with Gasteiger partial charge < -0.3 is 10.8 Å². The van der Waals surface area contributed by atoms with Gasteiger partial charge in [-0.1, -0.05) is 17.9 Å². The van der Waals surface area contributed by atoms with Crippen molar-refractivity contribution in [3.8, 4) is 11.8 Å². The molecule has 1 aromatic carbocycles. The van der Waals surface area contributed by atoms with E-state index in [1.807, 2.05) is 0 Å². The van der Waals surface area contributed by atoms with Crippen molar-refractivity contribution in [2.24, 2.45) is 11.7 Å². The number of aliphatic hydroxyl groups excluding tert-OH is 1. The molecule has 4 heteroatoms. The van der Waals surface area contributed by atoms with Gasteiger partial charge in [0, 0.05) is 25.3 Å². The van der Waals surface area contributed by atoms with Crippen LogP contribution in [0.4, 0.5) is 4.39 Å². The summed E-state index contributed by atoms with van der Waals surface area (Å²) >= 11 is 0. The summed E-state index contributed by atoms with van der Waals surface area (Å²) in [5, 5.41) is 9.27. The Balaban J connectivity index is 2.12. The number of nitrogens with zero attached hydrogens (tertiary/aromatic N) is 1. The normalized spacial score (nSPS) is 19.4. The lowest BCUT2D eigenvalue weighted by Crippen LogP contribution is -2.36. The monoisotopic (exact) mass is 276 g/mol. The van der Waals surface area contributed by atoms with Crippen LogP contribution in [-0.4, -0.2) is 36.2 Å². The molecule has 0 aromatic heterocycles. The molecule has 0 aliphatic carbocycles. The summed E-state index contributed by atoms with van der Waals surface area (Å²) in [6.07, 6.45) is 2.17. The van der Waals surface area contributed by atoms with Crippen molar-refractivity contribution >= 4 is 0 Å². The molecule has 2 rings (SSSR count). The average molecular weight is 276 g/mol. The Bertz CT molecular complexity index is 507. The van der Waals surface area contributed by atoms with Crippen molar-refractivity contribution < 1.29 is 9.50 Å². The number of halogens is 1. The fourth-order valence-electron chi connectivity index (χ4n) is 2.63. The molecule has 1 atom stereocenters. The van der Waals surface area contributed by atoms with Gasteiger partial charge in [0.25, 0.3) is 0 Å². The smallest absolute Gasteiger partial charge is 0.124 e. The van der Waals surface area contributed by atoms with Crippen LogP contribution < -0.4 is 5.73 Å². The summed E-state index contributed by atoms with van der Waals surface area (Å²) in [6.45, 7) is 3.15. The maximum Gasteiger partial charge on any atom is 0.124 e. The van der Waals surface area contributed by atoms with Gasteiger partial charge >= 0.3 is 0 Å². The lowest BCUT2D eigenvalue weighted by atomic mass is 9.98. The summed E-state index contributed by atoms with van der Waals surface area (Å²) in [6, 6.07) is 4.72. The summed E-state index contributed by atoms with van der Waals surface area (Å²) in [5.74, 6) is 5.79. The maximum absolute atomic E-state index is 13.3. The van der Waals surface area contributed by atoms with Crippen LogP contribution in [0.5, 0.6) is 0 Å². The number of rotatable bonds is 3. The second-order valence-corrected chi connectivity index (χ2v) is 5.23. The number of hydrogen-bond acceptors (Lipinski definition) is 3. The van der Waals surface area contributed by atoms with Crippen LogP contribution in [0.15, 0.2) is 18.2 Å². The van der Waals surface area contributed by atoms with Gasteiger partial charge in [0.05, 0.1) is 6.54 Å². The standard InChI is InChI=1S/C16H21FN2O/c17-16-6-5-15(14(9-16)4-1-7-18)11-19-8-2-3-13(10-19)12-20/h5-6,9,13,20H,2-3,7-8,10-12,18H2. The zero-order valence-corrected chi connectivity index (χ0v) is 11.6. The second kappa shape index (κ2) is 7.39. The fraction of sp³-hybridized carbons (Fsp3) is 0.500. The van der Waals surface area contributed by atoms with Gasteiger partial charge in [-0.25, -0.2) is 4.39 Å². The molecule has 0 radical (unpaired) electrons. The number of piperidine rings is 1. The zero-order valence-electron chi connectivity index (χ0n) is 11.6. The molecule has 20 heavy (non-hydrogen) atoms. The Hall–Kier alpha value is -1.41. The molecule has 1 aliphatic rings. The van der Waals surface area contributed by atoms with Gasteiger partial charge in [0.2, 0.25) is 0 Å². The number of likely N-dealkylation sites (tertiary alicyclic amines) is 1. The minimum absolute atomic E-state index is 0.236. The zero-order chi connectivity index (χ0) is 14.4. The molecule has 1 aromatic rings. The van der Waals surface area contributed by atoms with E-state index in [0.717, 1.165) is 38.0 Å². The van der Waals surface area contributed by atoms with Crippen molar-refractivity contribution in [2.45, 2.75) is 19.4 Å². The Morgan fingerprint density at radius 1 is 1.45 bits per heavy atom. The Morgan fingerprint density at radius 3 is 3.05 bits per heavy atom. The second-order valence-electron chi connectivity index (χ2n) is 5.23. The van der Waals surface area contributed by atoms with E-state index in [1.54, 1.807) is 6.07 Å². The average Bonchev–Trinajstić information content (AvgIpc) is 2.47. The van der Waals surface area contributed by atoms with E-state index < -0.39 is 0 Å². The topological polar surface area (TPSA) is 49.5 Å². The van der Waals surface area contributed by atoms with E-state index in [9.17, 15) is 9.50 Å². The van der Waals surface area contributed by atoms with Crippen LogP contribution in [0.3, 0.4) is 0 Å². The van der Waals surface area contributed by atoms with Crippen molar-refractivity contribution in [3.63, 3.8) is 0 Å². The molecule has 108 valence electrons. The first-order valence-corrected chi connectivity index (χ1v) is 7.03. The molecular weight excluding hydrogens is 255 g/mol. The predicted octanol–water partition coefficient (Wildman–Crippen LogP) is 1.34. The third-order valence-corrected chi connectivity index (χ3v) is 3.65. The molecule has 1 aliphatic heterocycles. The number of nitrogens with two attached hydrogens (primary N) is 1. The lowest BCUT2D eigenvalue weighted by Gasteiger charge is -2.32. The summed E-state index contributed by atoms with van der Waals surface area (Å²) < 4.78 is 13.3. The van der Waals surface area contributed by atoms with Gasteiger partial charge in [0.1, 0.15) is 5.82 Å². The third kappa shape index (κ3) is 4.04. The molecule has 0 amide bonds. The van der Waals surface area contributed by atoms with Gasteiger partial charge in [-0.15, -0.1) is 0 Å². The highest BCUT2D eigenvalue weighted by molar-refractivity contribution is 5.41. The first-order valence-electron chi connectivity index (χ1n) is 7.03. The first kappa shape index (κ1) is 15.0.